The summed E-state index contributed by atoms with van der Waals surface area (Å²) in [5, 5.41) is 7.01. The Morgan fingerprint density at radius 2 is 1.81 bits per heavy atom. The van der Waals surface area contributed by atoms with E-state index in [0.717, 1.165) is 44.7 Å². The molecule has 1 aliphatic heterocycles. The smallest absolute Gasteiger partial charge is 0.0469 e. The van der Waals surface area contributed by atoms with Gasteiger partial charge in [-0.05, 0) is 57.3 Å². The van der Waals surface area contributed by atoms with Crippen LogP contribution in [0.15, 0.2) is 0 Å². The molecule has 16 heavy (non-hydrogen) atoms. The van der Waals surface area contributed by atoms with E-state index < -0.39 is 0 Å². The summed E-state index contributed by atoms with van der Waals surface area (Å²) in [5.41, 5.74) is 0. The third-order valence-corrected chi connectivity index (χ3v) is 3.03. The van der Waals surface area contributed by atoms with Crippen LogP contribution in [0.5, 0.6) is 0 Å². The fourth-order valence-electron chi connectivity index (χ4n) is 1.99. The summed E-state index contributed by atoms with van der Waals surface area (Å²) in [6, 6.07) is 0. The molecule has 0 aromatic heterocycles. The fourth-order valence-corrected chi connectivity index (χ4v) is 1.99. The van der Waals surface area contributed by atoms with Gasteiger partial charge in [-0.15, -0.1) is 0 Å². The lowest BCUT2D eigenvalue weighted by Crippen LogP contribution is -2.30. The lowest BCUT2D eigenvalue weighted by atomic mass is 10.0. The minimum Gasteiger partial charge on any atom is -0.381 e. The molecular weight excluding hydrogens is 200 g/mol. The second-order valence-corrected chi connectivity index (χ2v) is 5.21. The molecule has 1 heterocycles. The number of ether oxygens (including phenoxy) is 1. The minimum absolute atomic E-state index is 0.759. The average molecular weight is 228 g/mol. The molecule has 0 unspecified atom stereocenters. The second-order valence-electron chi connectivity index (χ2n) is 5.21. The fraction of sp³-hybridized carbons (Fsp3) is 1.00. The number of hydrogen-bond donors (Lipinski definition) is 2. The molecule has 0 bridgehead atoms. The molecule has 0 saturated carbocycles. The van der Waals surface area contributed by atoms with E-state index in [9.17, 15) is 0 Å². The van der Waals surface area contributed by atoms with Gasteiger partial charge in [0.1, 0.15) is 0 Å². The zero-order chi connectivity index (χ0) is 11.6. The molecule has 3 nitrogen and oxygen atoms in total. The predicted octanol–water partition coefficient (Wildman–Crippen LogP) is 1.64. The molecule has 1 rings (SSSR count). The topological polar surface area (TPSA) is 33.3 Å². The zero-order valence-electron chi connectivity index (χ0n) is 10.9. The maximum absolute atomic E-state index is 5.34. The van der Waals surface area contributed by atoms with Gasteiger partial charge in [-0.2, -0.15) is 0 Å². The molecule has 3 heteroatoms. The van der Waals surface area contributed by atoms with Crippen LogP contribution in [0.2, 0.25) is 0 Å². The summed E-state index contributed by atoms with van der Waals surface area (Å²) < 4.78 is 5.34. The highest BCUT2D eigenvalue weighted by Gasteiger charge is 2.12. The Hall–Kier alpha value is -0.120. The lowest BCUT2D eigenvalue weighted by molar-refractivity contribution is 0.0663. The van der Waals surface area contributed by atoms with Crippen LogP contribution < -0.4 is 10.6 Å². The van der Waals surface area contributed by atoms with Crippen molar-refractivity contribution in [1.29, 1.82) is 0 Å². The van der Waals surface area contributed by atoms with Gasteiger partial charge in [0.15, 0.2) is 0 Å². The van der Waals surface area contributed by atoms with Crippen molar-refractivity contribution in [2.45, 2.75) is 33.1 Å². The number of nitrogens with one attached hydrogen (secondary N) is 2. The average Bonchev–Trinajstić information content (AvgIpc) is 2.29. The molecule has 0 radical (unpaired) electrons. The van der Waals surface area contributed by atoms with E-state index in [1.165, 1.54) is 25.8 Å². The summed E-state index contributed by atoms with van der Waals surface area (Å²) in [7, 11) is 0. The van der Waals surface area contributed by atoms with E-state index in [1.54, 1.807) is 0 Å². The normalized spacial score (nSPS) is 18.2. The third-order valence-electron chi connectivity index (χ3n) is 3.03. The molecule has 0 amide bonds. The summed E-state index contributed by atoms with van der Waals surface area (Å²) in [6.45, 7) is 11.0. The molecular formula is C13H28N2O. The van der Waals surface area contributed by atoms with Crippen LogP contribution in [-0.2, 0) is 4.74 Å². The van der Waals surface area contributed by atoms with E-state index in [-0.39, 0.29) is 0 Å². The summed E-state index contributed by atoms with van der Waals surface area (Å²) in [6.07, 6.45) is 3.70. The van der Waals surface area contributed by atoms with Gasteiger partial charge in [0.2, 0.25) is 0 Å². The van der Waals surface area contributed by atoms with Crippen LogP contribution >= 0.6 is 0 Å². The maximum atomic E-state index is 5.34. The van der Waals surface area contributed by atoms with Gasteiger partial charge in [0.05, 0.1) is 0 Å². The van der Waals surface area contributed by atoms with Gasteiger partial charge in [-0.3, -0.25) is 0 Å². The molecule has 0 aromatic rings. The number of rotatable bonds is 8. The first-order chi connectivity index (χ1) is 7.79. The molecule has 1 fully saturated rings. The first-order valence-corrected chi connectivity index (χ1v) is 6.78. The predicted molar refractivity (Wildman–Crippen MR) is 68.7 cm³/mol. The minimum atomic E-state index is 0.759. The Bertz CT molecular complexity index is 156. The SMILES string of the molecule is CC(C)CNCCCNCC1CCOCC1. The highest BCUT2D eigenvalue weighted by molar-refractivity contribution is 4.66. The number of hydrogen-bond acceptors (Lipinski definition) is 3. The van der Waals surface area contributed by atoms with Crippen molar-refractivity contribution in [1.82, 2.24) is 10.6 Å². The molecule has 1 aliphatic rings. The summed E-state index contributed by atoms with van der Waals surface area (Å²) in [5.74, 6) is 1.60. The highest BCUT2D eigenvalue weighted by Crippen LogP contribution is 2.12. The Balaban J connectivity index is 1.80. The van der Waals surface area contributed by atoms with E-state index in [4.69, 9.17) is 4.74 Å². The van der Waals surface area contributed by atoms with Gasteiger partial charge in [-0.25, -0.2) is 0 Å². The van der Waals surface area contributed by atoms with E-state index in [1.807, 2.05) is 0 Å². The van der Waals surface area contributed by atoms with Gasteiger partial charge in [0.25, 0.3) is 0 Å². The van der Waals surface area contributed by atoms with Crippen molar-refractivity contribution in [2.24, 2.45) is 11.8 Å². The first kappa shape index (κ1) is 13.9. The molecule has 1 saturated heterocycles. The van der Waals surface area contributed by atoms with E-state index in [2.05, 4.69) is 24.5 Å². The Labute approximate surface area is 100 Å². The largest absolute Gasteiger partial charge is 0.381 e. The van der Waals surface area contributed by atoms with Gasteiger partial charge in [0, 0.05) is 13.2 Å². The standard InChI is InChI=1S/C13H28N2O/c1-12(2)10-14-6-3-7-15-11-13-4-8-16-9-5-13/h12-15H,3-11H2,1-2H3. The van der Waals surface area contributed by atoms with Crippen molar-refractivity contribution in [2.75, 3.05) is 39.4 Å². The van der Waals surface area contributed by atoms with Gasteiger partial charge >= 0.3 is 0 Å². The lowest BCUT2D eigenvalue weighted by Gasteiger charge is -2.22. The van der Waals surface area contributed by atoms with Crippen molar-refractivity contribution < 1.29 is 4.74 Å². The molecule has 0 aliphatic carbocycles. The Kier molecular flexibility index (Phi) is 7.81. The van der Waals surface area contributed by atoms with Gasteiger partial charge in [-0.1, -0.05) is 13.8 Å². The Morgan fingerprint density at radius 3 is 2.50 bits per heavy atom. The monoisotopic (exact) mass is 228 g/mol. The molecule has 0 spiro atoms. The Morgan fingerprint density at radius 1 is 1.12 bits per heavy atom. The second kappa shape index (κ2) is 8.97. The summed E-state index contributed by atoms with van der Waals surface area (Å²) >= 11 is 0. The molecule has 0 atom stereocenters. The van der Waals surface area contributed by atoms with E-state index >= 15 is 0 Å². The molecule has 2 N–H and O–H groups in total. The van der Waals surface area contributed by atoms with Crippen molar-refractivity contribution in [3.05, 3.63) is 0 Å². The van der Waals surface area contributed by atoms with Crippen LogP contribution in [0.4, 0.5) is 0 Å². The quantitative estimate of drug-likeness (QED) is 0.620. The van der Waals surface area contributed by atoms with Crippen molar-refractivity contribution >= 4 is 0 Å². The highest BCUT2D eigenvalue weighted by atomic mass is 16.5. The van der Waals surface area contributed by atoms with Crippen LogP contribution in [0, 0.1) is 11.8 Å². The first-order valence-electron chi connectivity index (χ1n) is 6.78. The van der Waals surface area contributed by atoms with Crippen LogP contribution in [-0.4, -0.2) is 39.4 Å². The molecule has 96 valence electrons. The van der Waals surface area contributed by atoms with Crippen LogP contribution in [0.1, 0.15) is 33.1 Å². The third kappa shape index (κ3) is 7.20. The van der Waals surface area contributed by atoms with Crippen LogP contribution in [0.3, 0.4) is 0 Å². The zero-order valence-corrected chi connectivity index (χ0v) is 10.9. The van der Waals surface area contributed by atoms with E-state index in [0.29, 0.717) is 0 Å². The van der Waals surface area contributed by atoms with Gasteiger partial charge < -0.3 is 15.4 Å². The van der Waals surface area contributed by atoms with Crippen molar-refractivity contribution in [3.8, 4) is 0 Å². The summed E-state index contributed by atoms with van der Waals surface area (Å²) in [4.78, 5) is 0. The molecule has 0 aromatic carbocycles. The maximum Gasteiger partial charge on any atom is 0.0469 e. The van der Waals surface area contributed by atoms with Crippen molar-refractivity contribution in [3.63, 3.8) is 0 Å². The van der Waals surface area contributed by atoms with Crippen LogP contribution in [0.25, 0.3) is 0 Å².